The van der Waals surface area contributed by atoms with Gasteiger partial charge in [-0.1, -0.05) is 12.2 Å². The van der Waals surface area contributed by atoms with Gasteiger partial charge in [-0.05, 0) is 24.5 Å². The molecule has 68 valence electrons. The summed E-state index contributed by atoms with van der Waals surface area (Å²) in [6, 6.07) is 0. The minimum atomic E-state index is 0.347. The third kappa shape index (κ3) is 0.831. The van der Waals surface area contributed by atoms with Crippen molar-refractivity contribution in [2.45, 2.75) is 12.8 Å². The molecule has 3 rings (SSSR count). The van der Waals surface area contributed by atoms with Crippen molar-refractivity contribution in [1.29, 1.82) is 0 Å². The normalized spacial score (nSPS) is 35.1. The maximum Gasteiger partial charge on any atom is 0.0397 e. The van der Waals surface area contributed by atoms with Crippen LogP contribution in [-0.2, 0) is 0 Å². The second kappa shape index (κ2) is 2.41. The monoisotopic (exact) mass is 174 g/mol. The van der Waals surface area contributed by atoms with Gasteiger partial charge in [0.05, 0.1) is 0 Å². The molecule has 0 aromatic rings. The van der Waals surface area contributed by atoms with E-state index in [1.807, 2.05) is 0 Å². The SMILES string of the molecule is C1=CC2=CNCCC23CCNC3=C1. The quantitative estimate of drug-likeness (QED) is 0.578. The van der Waals surface area contributed by atoms with Gasteiger partial charge in [0.15, 0.2) is 0 Å². The Balaban J connectivity index is 2.14. The lowest BCUT2D eigenvalue weighted by atomic mass is 9.71. The van der Waals surface area contributed by atoms with E-state index in [-0.39, 0.29) is 0 Å². The smallest absolute Gasteiger partial charge is 0.0397 e. The summed E-state index contributed by atoms with van der Waals surface area (Å²) >= 11 is 0. The molecule has 0 amide bonds. The van der Waals surface area contributed by atoms with Crippen LogP contribution in [0, 0.1) is 5.41 Å². The van der Waals surface area contributed by atoms with E-state index in [2.05, 4.69) is 35.1 Å². The number of rotatable bonds is 0. The van der Waals surface area contributed by atoms with E-state index in [1.54, 1.807) is 0 Å². The average Bonchev–Trinajstić information content (AvgIpc) is 2.58. The van der Waals surface area contributed by atoms with Gasteiger partial charge in [-0.15, -0.1) is 0 Å². The van der Waals surface area contributed by atoms with Gasteiger partial charge in [0, 0.05) is 30.4 Å². The summed E-state index contributed by atoms with van der Waals surface area (Å²) in [5.74, 6) is 0. The van der Waals surface area contributed by atoms with Crippen LogP contribution in [0.15, 0.2) is 35.7 Å². The number of hydrogen-bond donors (Lipinski definition) is 2. The summed E-state index contributed by atoms with van der Waals surface area (Å²) in [5.41, 5.74) is 3.24. The van der Waals surface area contributed by atoms with Crippen LogP contribution in [0.4, 0.5) is 0 Å². The van der Waals surface area contributed by atoms with Crippen LogP contribution in [0.25, 0.3) is 0 Å². The summed E-state index contributed by atoms with van der Waals surface area (Å²) in [7, 11) is 0. The van der Waals surface area contributed by atoms with Crippen molar-refractivity contribution in [2.75, 3.05) is 13.1 Å². The molecule has 1 unspecified atom stereocenters. The molecule has 1 saturated heterocycles. The van der Waals surface area contributed by atoms with E-state index in [0.29, 0.717) is 5.41 Å². The zero-order valence-corrected chi connectivity index (χ0v) is 7.64. The molecule has 1 spiro atoms. The largest absolute Gasteiger partial charge is 0.391 e. The zero-order chi connectivity index (χ0) is 8.73. The Bertz CT molecular complexity index is 325. The average molecular weight is 174 g/mol. The lowest BCUT2D eigenvalue weighted by molar-refractivity contribution is 0.391. The molecule has 0 aromatic heterocycles. The van der Waals surface area contributed by atoms with Crippen LogP contribution >= 0.6 is 0 Å². The number of nitrogens with one attached hydrogen (secondary N) is 2. The van der Waals surface area contributed by atoms with Gasteiger partial charge in [-0.2, -0.15) is 0 Å². The van der Waals surface area contributed by atoms with Crippen molar-refractivity contribution in [3.8, 4) is 0 Å². The molecule has 2 aliphatic heterocycles. The summed E-state index contributed by atoms with van der Waals surface area (Å²) in [4.78, 5) is 0. The van der Waals surface area contributed by atoms with Gasteiger partial charge >= 0.3 is 0 Å². The standard InChI is InChI=1S/C11H14N2/c1-2-9-8-12-6-4-11(9)5-7-13-10(11)3-1/h1-3,8,12-13H,4-7H2. The van der Waals surface area contributed by atoms with Crippen LogP contribution in [0.1, 0.15) is 12.8 Å². The molecule has 1 atom stereocenters. The van der Waals surface area contributed by atoms with Crippen LogP contribution in [0.5, 0.6) is 0 Å². The van der Waals surface area contributed by atoms with E-state index < -0.39 is 0 Å². The van der Waals surface area contributed by atoms with Gasteiger partial charge in [0.25, 0.3) is 0 Å². The molecule has 2 nitrogen and oxygen atoms in total. The zero-order valence-electron chi connectivity index (χ0n) is 7.64. The van der Waals surface area contributed by atoms with Crippen LogP contribution in [0.2, 0.25) is 0 Å². The minimum Gasteiger partial charge on any atom is -0.391 e. The van der Waals surface area contributed by atoms with Crippen molar-refractivity contribution >= 4 is 0 Å². The van der Waals surface area contributed by atoms with Crippen LogP contribution in [-0.4, -0.2) is 13.1 Å². The molecule has 0 bridgehead atoms. The molecule has 1 fully saturated rings. The predicted octanol–water partition coefficient (Wildman–Crippen LogP) is 1.30. The highest BCUT2D eigenvalue weighted by Crippen LogP contribution is 2.47. The van der Waals surface area contributed by atoms with Crippen molar-refractivity contribution in [1.82, 2.24) is 10.6 Å². The highest BCUT2D eigenvalue weighted by Gasteiger charge is 2.42. The van der Waals surface area contributed by atoms with Crippen molar-refractivity contribution in [2.24, 2.45) is 5.41 Å². The Kier molecular flexibility index (Phi) is 1.34. The fourth-order valence-electron chi connectivity index (χ4n) is 2.70. The first-order chi connectivity index (χ1) is 6.42. The van der Waals surface area contributed by atoms with Crippen molar-refractivity contribution in [3.63, 3.8) is 0 Å². The maximum absolute atomic E-state index is 3.49. The molecule has 0 aromatic carbocycles. The van der Waals surface area contributed by atoms with Gasteiger partial charge in [-0.25, -0.2) is 0 Å². The lowest BCUT2D eigenvalue weighted by Crippen LogP contribution is -2.33. The Morgan fingerprint density at radius 3 is 3.15 bits per heavy atom. The molecular weight excluding hydrogens is 160 g/mol. The fourth-order valence-corrected chi connectivity index (χ4v) is 2.70. The van der Waals surface area contributed by atoms with Crippen molar-refractivity contribution in [3.05, 3.63) is 35.7 Å². The molecule has 1 aliphatic carbocycles. The molecule has 2 heterocycles. The van der Waals surface area contributed by atoms with Gasteiger partial charge < -0.3 is 10.6 Å². The third-order valence-electron chi connectivity index (χ3n) is 3.43. The predicted molar refractivity (Wildman–Crippen MR) is 53.0 cm³/mol. The van der Waals surface area contributed by atoms with Gasteiger partial charge in [-0.3, -0.25) is 0 Å². The lowest BCUT2D eigenvalue weighted by Gasteiger charge is -2.36. The van der Waals surface area contributed by atoms with Crippen molar-refractivity contribution < 1.29 is 0 Å². The van der Waals surface area contributed by atoms with Crippen LogP contribution in [0.3, 0.4) is 0 Å². The molecule has 0 saturated carbocycles. The molecular formula is C11H14N2. The summed E-state index contributed by atoms with van der Waals surface area (Å²) in [5, 5.41) is 6.81. The van der Waals surface area contributed by atoms with Crippen LogP contribution < -0.4 is 10.6 Å². The Labute approximate surface area is 78.4 Å². The summed E-state index contributed by atoms with van der Waals surface area (Å²) in [6.07, 6.45) is 11.3. The van der Waals surface area contributed by atoms with Gasteiger partial charge in [0.2, 0.25) is 0 Å². The van der Waals surface area contributed by atoms with E-state index in [0.717, 1.165) is 13.1 Å². The second-order valence-electron chi connectivity index (χ2n) is 4.00. The van der Waals surface area contributed by atoms with E-state index in [1.165, 1.54) is 24.1 Å². The highest BCUT2D eigenvalue weighted by atomic mass is 15.0. The highest BCUT2D eigenvalue weighted by molar-refractivity contribution is 5.45. The fraction of sp³-hybridized carbons (Fsp3) is 0.455. The first-order valence-corrected chi connectivity index (χ1v) is 4.99. The maximum atomic E-state index is 3.49. The minimum absolute atomic E-state index is 0.347. The van der Waals surface area contributed by atoms with Gasteiger partial charge in [0.1, 0.15) is 0 Å². The molecule has 13 heavy (non-hydrogen) atoms. The number of allylic oxidation sites excluding steroid dienone is 4. The molecule has 3 aliphatic rings. The van der Waals surface area contributed by atoms with E-state index >= 15 is 0 Å². The topological polar surface area (TPSA) is 24.1 Å². The summed E-state index contributed by atoms with van der Waals surface area (Å²) in [6.45, 7) is 2.24. The first kappa shape index (κ1) is 7.25. The Morgan fingerprint density at radius 2 is 2.15 bits per heavy atom. The Morgan fingerprint density at radius 1 is 1.23 bits per heavy atom. The van der Waals surface area contributed by atoms with E-state index in [9.17, 15) is 0 Å². The molecule has 2 heteroatoms. The molecule has 2 N–H and O–H groups in total. The Hall–Kier alpha value is -1.18. The number of hydrogen-bond acceptors (Lipinski definition) is 2. The molecule has 0 radical (unpaired) electrons. The van der Waals surface area contributed by atoms with E-state index in [4.69, 9.17) is 0 Å². The second-order valence-corrected chi connectivity index (χ2v) is 4.00. The first-order valence-electron chi connectivity index (χ1n) is 4.99. The summed E-state index contributed by atoms with van der Waals surface area (Å²) < 4.78 is 0. The third-order valence-corrected chi connectivity index (χ3v) is 3.43.